The Morgan fingerprint density at radius 1 is 1.06 bits per heavy atom. The van der Waals surface area contributed by atoms with Crippen LogP contribution in [-0.4, -0.2) is 40.5 Å². The van der Waals surface area contributed by atoms with Crippen LogP contribution in [0.4, 0.5) is 5.82 Å². The average molecular weight is 581 g/mol. The van der Waals surface area contributed by atoms with Crippen LogP contribution in [0.3, 0.4) is 0 Å². The summed E-state index contributed by atoms with van der Waals surface area (Å²) in [5.74, 6) is 1.45. The van der Waals surface area contributed by atoms with Crippen LogP contribution >= 0.6 is 43.5 Å². The van der Waals surface area contributed by atoms with Gasteiger partial charge < -0.3 is 10.2 Å². The van der Waals surface area contributed by atoms with Crippen molar-refractivity contribution in [3.8, 4) is 0 Å². The van der Waals surface area contributed by atoms with Gasteiger partial charge in [0.25, 0.3) is 0 Å². The number of anilines is 1. The van der Waals surface area contributed by atoms with Crippen molar-refractivity contribution in [1.82, 2.24) is 14.9 Å². The molecule has 1 atom stereocenters. The molecule has 3 rings (SSSR count). The van der Waals surface area contributed by atoms with Gasteiger partial charge in [-0.05, 0) is 107 Å². The fourth-order valence-corrected chi connectivity index (χ4v) is 4.43. The summed E-state index contributed by atoms with van der Waals surface area (Å²) in [6.07, 6.45) is 6.15. The van der Waals surface area contributed by atoms with Crippen molar-refractivity contribution in [2.24, 2.45) is 0 Å². The average Bonchev–Trinajstić information content (AvgIpc) is 2.78. The Balaban J connectivity index is 1.82. The smallest absolute Gasteiger partial charge is 0.155 e. The molecule has 0 radical (unpaired) electrons. The number of nitrogens with one attached hydrogen (secondary N) is 1. The van der Waals surface area contributed by atoms with Gasteiger partial charge in [0.2, 0.25) is 0 Å². The zero-order valence-corrected chi connectivity index (χ0v) is 22.6. The summed E-state index contributed by atoms with van der Waals surface area (Å²) in [7, 11) is 0. The van der Waals surface area contributed by atoms with Crippen molar-refractivity contribution < 1.29 is 0 Å². The highest BCUT2D eigenvalue weighted by atomic mass is 79.9. The minimum atomic E-state index is 0.293. The van der Waals surface area contributed by atoms with E-state index in [9.17, 15) is 0 Å². The number of aromatic nitrogens is 2. The van der Waals surface area contributed by atoms with E-state index in [0.29, 0.717) is 16.9 Å². The Morgan fingerprint density at radius 3 is 2.56 bits per heavy atom. The molecule has 1 aromatic heterocycles. The molecule has 1 heterocycles. The lowest BCUT2D eigenvalue weighted by molar-refractivity contribution is 0.295. The predicted molar refractivity (Wildman–Crippen MR) is 145 cm³/mol. The van der Waals surface area contributed by atoms with E-state index in [2.05, 4.69) is 62.8 Å². The zero-order chi connectivity index (χ0) is 23.1. The first kappa shape index (κ1) is 25.2. The molecule has 0 spiro atoms. The maximum Gasteiger partial charge on any atom is 0.155 e. The van der Waals surface area contributed by atoms with E-state index in [-0.39, 0.29) is 0 Å². The summed E-state index contributed by atoms with van der Waals surface area (Å²) in [5, 5.41) is 5.17. The van der Waals surface area contributed by atoms with Crippen LogP contribution in [0, 0.1) is 0 Å². The van der Waals surface area contributed by atoms with E-state index < -0.39 is 0 Å². The number of fused-ring (bicyclic) bond motifs is 1. The van der Waals surface area contributed by atoms with Crippen LogP contribution in [0.15, 0.2) is 45.3 Å². The van der Waals surface area contributed by atoms with Crippen LogP contribution in [0.2, 0.25) is 5.02 Å². The molecule has 0 aliphatic carbocycles. The third-order valence-corrected chi connectivity index (χ3v) is 7.64. The molecule has 4 nitrogen and oxygen atoms in total. The van der Waals surface area contributed by atoms with Gasteiger partial charge in [0.15, 0.2) is 5.82 Å². The van der Waals surface area contributed by atoms with E-state index >= 15 is 0 Å². The van der Waals surface area contributed by atoms with Crippen LogP contribution in [0.1, 0.15) is 45.0 Å². The Labute approximate surface area is 212 Å². The lowest BCUT2D eigenvalue weighted by atomic mass is 10.1. The normalized spacial score (nSPS) is 12.7. The quantitative estimate of drug-likeness (QED) is 0.265. The number of rotatable bonds is 10. The molecule has 32 heavy (non-hydrogen) atoms. The first-order valence-corrected chi connectivity index (χ1v) is 13.0. The summed E-state index contributed by atoms with van der Waals surface area (Å²) < 4.78 is 2.02. The summed E-state index contributed by atoms with van der Waals surface area (Å²) in [6, 6.07) is 12.2. The van der Waals surface area contributed by atoms with Gasteiger partial charge in [0, 0.05) is 20.4 Å². The summed E-state index contributed by atoms with van der Waals surface area (Å²) in [6.45, 7) is 9.94. The lowest BCUT2D eigenvalue weighted by Gasteiger charge is -2.20. The molecular weight excluding hydrogens is 552 g/mol. The van der Waals surface area contributed by atoms with E-state index in [1.54, 1.807) is 0 Å². The second-order valence-electron chi connectivity index (χ2n) is 7.79. The van der Waals surface area contributed by atoms with E-state index in [4.69, 9.17) is 21.6 Å². The molecule has 7 heteroatoms. The molecule has 0 aliphatic heterocycles. The minimum Gasteiger partial charge on any atom is -0.367 e. The third kappa shape index (κ3) is 6.77. The van der Waals surface area contributed by atoms with Gasteiger partial charge in [0.05, 0.1) is 10.5 Å². The van der Waals surface area contributed by atoms with Gasteiger partial charge in [-0.15, -0.1) is 0 Å². The fraction of sp³-hybridized carbons (Fsp3) is 0.360. The number of para-hydroxylation sites is 1. The van der Waals surface area contributed by atoms with Gasteiger partial charge in [-0.3, -0.25) is 0 Å². The summed E-state index contributed by atoms with van der Waals surface area (Å²) >= 11 is 13.5. The van der Waals surface area contributed by atoms with Crippen molar-refractivity contribution >= 4 is 72.3 Å². The summed E-state index contributed by atoms with van der Waals surface area (Å²) in [4.78, 5) is 12.0. The molecule has 0 saturated heterocycles. The second kappa shape index (κ2) is 12.1. The Hall–Kier alpha value is -1.47. The van der Waals surface area contributed by atoms with Crippen LogP contribution in [0.5, 0.6) is 0 Å². The lowest BCUT2D eigenvalue weighted by Crippen LogP contribution is -2.25. The molecular formula is C25H29Br2ClN4. The van der Waals surface area contributed by atoms with Crippen molar-refractivity contribution in [2.45, 2.75) is 39.7 Å². The van der Waals surface area contributed by atoms with Gasteiger partial charge in [-0.25, -0.2) is 9.97 Å². The molecule has 3 aromatic rings. The van der Waals surface area contributed by atoms with Crippen LogP contribution in [-0.2, 0) is 0 Å². The molecule has 0 unspecified atom stereocenters. The van der Waals surface area contributed by atoms with Crippen LogP contribution < -0.4 is 5.32 Å². The van der Waals surface area contributed by atoms with Gasteiger partial charge in [0.1, 0.15) is 5.82 Å². The zero-order valence-electron chi connectivity index (χ0n) is 18.7. The first-order valence-electron chi connectivity index (χ1n) is 11.0. The monoisotopic (exact) mass is 578 g/mol. The Kier molecular flexibility index (Phi) is 9.53. The maximum absolute atomic E-state index is 6.48. The van der Waals surface area contributed by atoms with Crippen molar-refractivity contribution in [2.75, 3.05) is 25.0 Å². The molecule has 1 N–H and O–H groups in total. The molecule has 0 bridgehead atoms. The van der Waals surface area contributed by atoms with Crippen molar-refractivity contribution in [3.05, 3.63) is 61.8 Å². The Morgan fingerprint density at radius 2 is 1.84 bits per heavy atom. The third-order valence-electron chi connectivity index (χ3n) is 5.45. The highest BCUT2D eigenvalue weighted by Crippen LogP contribution is 2.28. The van der Waals surface area contributed by atoms with Gasteiger partial charge >= 0.3 is 0 Å². The number of hydrogen-bond acceptors (Lipinski definition) is 4. The predicted octanol–water partition coefficient (Wildman–Crippen LogP) is 7.90. The van der Waals surface area contributed by atoms with Crippen molar-refractivity contribution in [3.63, 3.8) is 0 Å². The summed E-state index contributed by atoms with van der Waals surface area (Å²) in [5.41, 5.74) is 1.82. The van der Waals surface area contributed by atoms with Gasteiger partial charge in [-0.2, -0.15) is 0 Å². The molecule has 0 amide bonds. The van der Waals surface area contributed by atoms with E-state index in [1.807, 2.05) is 48.6 Å². The largest absolute Gasteiger partial charge is 0.367 e. The minimum absolute atomic E-state index is 0.293. The highest BCUT2D eigenvalue weighted by Gasteiger charge is 2.12. The molecule has 2 aromatic carbocycles. The maximum atomic E-state index is 6.48. The molecule has 0 aliphatic rings. The standard InChI is InChI=1S/C25H29Br2ClN4/c1-4-32(5-2)15-7-8-17(3)29-25-19-9-6-10-22(28)24(19)30-23(31-25)14-12-18-11-13-20(26)21(27)16-18/h6,9-14,16-17H,4-5,7-8,15H2,1-3H3,(H,29,30,31)/b14-12+/t17-/m1/s1. The van der Waals surface area contributed by atoms with Crippen molar-refractivity contribution in [1.29, 1.82) is 0 Å². The highest BCUT2D eigenvalue weighted by molar-refractivity contribution is 9.13. The first-order chi connectivity index (χ1) is 15.4. The molecule has 170 valence electrons. The fourth-order valence-electron chi connectivity index (χ4n) is 3.57. The number of hydrogen-bond donors (Lipinski definition) is 1. The number of halogens is 3. The number of benzene rings is 2. The SMILES string of the molecule is CCN(CC)CCC[C@@H](C)Nc1nc(/C=C/c2ccc(Br)c(Br)c2)nc2c(Cl)cccc12. The second-order valence-corrected chi connectivity index (χ2v) is 9.90. The van der Waals surface area contributed by atoms with Gasteiger partial charge in [-0.1, -0.05) is 43.7 Å². The van der Waals surface area contributed by atoms with E-state index in [0.717, 1.165) is 63.7 Å². The topological polar surface area (TPSA) is 41.0 Å². The molecule has 0 fully saturated rings. The number of nitrogens with zero attached hydrogens (tertiary/aromatic N) is 3. The van der Waals surface area contributed by atoms with E-state index in [1.165, 1.54) is 0 Å². The Bertz CT molecular complexity index is 1080. The molecule has 0 saturated carbocycles. The van der Waals surface area contributed by atoms with Crippen LogP contribution in [0.25, 0.3) is 23.1 Å².